The van der Waals surface area contributed by atoms with E-state index in [1.54, 1.807) is 11.3 Å². The van der Waals surface area contributed by atoms with E-state index in [2.05, 4.69) is 16.8 Å². The van der Waals surface area contributed by atoms with Crippen molar-refractivity contribution in [2.24, 2.45) is 5.92 Å². The molecule has 0 bridgehead atoms. The summed E-state index contributed by atoms with van der Waals surface area (Å²) in [6.45, 7) is 6.15. The number of aryl methyl sites for hydroxylation is 2. The lowest BCUT2D eigenvalue weighted by Gasteiger charge is -2.32. The molecule has 5 heteroatoms. The van der Waals surface area contributed by atoms with Crippen molar-refractivity contribution >= 4 is 22.4 Å². The molecule has 1 aromatic rings. The molecule has 0 aromatic carbocycles. The van der Waals surface area contributed by atoms with Crippen molar-refractivity contribution in [3.63, 3.8) is 0 Å². The maximum absolute atomic E-state index is 10.6. The lowest BCUT2D eigenvalue weighted by Crippen LogP contribution is -2.35. The van der Waals surface area contributed by atoms with E-state index in [0.29, 0.717) is 5.92 Å². The van der Waals surface area contributed by atoms with Gasteiger partial charge in [0.25, 0.3) is 0 Å². The van der Waals surface area contributed by atoms with Gasteiger partial charge in [-0.15, -0.1) is 11.3 Å². The number of carboxylic acids is 1. The smallest absolute Gasteiger partial charge is 0.303 e. The van der Waals surface area contributed by atoms with E-state index < -0.39 is 5.97 Å². The monoisotopic (exact) mass is 268 g/mol. The number of carboxylic acid groups (broad SMARTS) is 1. The van der Waals surface area contributed by atoms with Gasteiger partial charge in [0.05, 0.1) is 5.69 Å². The van der Waals surface area contributed by atoms with Crippen molar-refractivity contribution in [3.8, 4) is 0 Å². The highest BCUT2D eigenvalue weighted by atomic mass is 32.1. The first-order chi connectivity index (χ1) is 8.56. The van der Waals surface area contributed by atoms with Gasteiger partial charge in [-0.05, 0) is 39.0 Å². The molecule has 0 spiro atoms. The fraction of sp³-hybridized carbons (Fsp3) is 0.692. The Morgan fingerprint density at radius 3 is 2.94 bits per heavy atom. The van der Waals surface area contributed by atoms with Gasteiger partial charge < -0.3 is 10.0 Å². The van der Waals surface area contributed by atoms with Gasteiger partial charge in [0.15, 0.2) is 5.13 Å². The summed E-state index contributed by atoms with van der Waals surface area (Å²) in [5.41, 5.74) is 1.11. The minimum atomic E-state index is -0.687. The van der Waals surface area contributed by atoms with Crippen LogP contribution in [-0.4, -0.2) is 29.1 Å². The summed E-state index contributed by atoms with van der Waals surface area (Å²) < 4.78 is 0. The normalized spacial score (nSPS) is 20.1. The molecule has 1 saturated heterocycles. The summed E-state index contributed by atoms with van der Waals surface area (Å²) in [5, 5.41) is 9.84. The zero-order valence-corrected chi connectivity index (χ0v) is 11.8. The Morgan fingerprint density at radius 2 is 2.33 bits per heavy atom. The van der Waals surface area contributed by atoms with E-state index in [0.717, 1.165) is 43.2 Å². The zero-order valence-electron chi connectivity index (χ0n) is 11.0. The highest BCUT2D eigenvalue weighted by Crippen LogP contribution is 2.30. The fourth-order valence-corrected chi connectivity index (χ4v) is 3.34. The van der Waals surface area contributed by atoms with Crippen LogP contribution in [-0.2, 0) is 4.79 Å². The van der Waals surface area contributed by atoms with Gasteiger partial charge in [-0.3, -0.25) is 4.79 Å². The predicted molar refractivity (Wildman–Crippen MR) is 73.4 cm³/mol. The standard InChI is InChI=1S/C13H20N2O2S/c1-9-10(2)18-13(14-9)15-7-3-4-11(8-15)5-6-12(16)17/h11H,3-8H2,1-2H3,(H,16,17). The van der Waals surface area contributed by atoms with Crippen LogP contribution in [0.2, 0.25) is 0 Å². The molecule has 1 aromatic heterocycles. The first-order valence-corrected chi connectivity index (χ1v) is 7.28. The molecular formula is C13H20N2O2S. The van der Waals surface area contributed by atoms with E-state index in [9.17, 15) is 4.79 Å². The molecule has 1 atom stereocenters. The highest BCUT2D eigenvalue weighted by molar-refractivity contribution is 7.15. The number of piperidine rings is 1. The molecule has 1 aliphatic rings. The molecule has 4 nitrogen and oxygen atoms in total. The van der Waals surface area contributed by atoms with Gasteiger partial charge in [0.1, 0.15) is 0 Å². The van der Waals surface area contributed by atoms with Gasteiger partial charge in [-0.2, -0.15) is 0 Å². The van der Waals surface area contributed by atoms with Gasteiger partial charge in [-0.25, -0.2) is 4.98 Å². The number of hydrogen-bond acceptors (Lipinski definition) is 4. The third-order valence-electron chi connectivity index (χ3n) is 3.57. The second-order valence-corrected chi connectivity index (χ2v) is 6.21. The Balaban J connectivity index is 1.95. The second-order valence-electron chi connectivity index (χ2n) is 5.02. The van der Waals surface area contributed by atoms with Crippen LogP contribution in [0.3, 0.4) is 0 Å². The molecule has 2 heterocycles. The van der Waals surface area contributed by atoms with E-state index in [4.69, 9.17) is 5.11 Å². The number of anilines is 1. The van der Waals surface area contributed by atoms with Crippen LogP contribution in [0.25, 0.3) is 0 Å². The quantitative estimate of drug-likeness (QED) is 0.912. The van der Waals surface area contributed by atoms with Crippen LogP contribution in [0.4, 0.5) is 5.13 Å². The van der Waals surface area contributed by atoms with Crippen LogP contribution >= 0.6 is 11.3 Å². The number of rotatable bonds is 4. The molecule has 1 aliphatic heterocycles. The topological polar surface area (TPSA) is 53.4 Å². The first-order valence-electron chi connectivity index (χ1n) is 6.47. The molecule has 18 heavy (non-hydrogen) atoms. The Labute approximate surface area is 112 Å². The third-order valence-corrected chi connectivity index (χ3v) is 4.71. The van der Waals surface area contributed by atoms with Gasteiger partial charge in [-0.1, -0.05) is 0 Å². The Bertz CT molecular complexity index is 411. The summed E-state index contributed by atoms with van der Waals surface area (Å²) in [4.78, 5) is 18.8. The molecule has 0 saturated carbocycles. The molecular weight excluding hydrogens is 248 g/mol. The highest BCUT2D eigenvalue weighted by Gasteiger charge is 2.22. The SMILES string of the molecule is Cc1nc(N2CCCC(CCC(=O)O)C2)sc1C. The largest absolute Gasteiger partial charge is 0.481 e. The maximum atomic E-state index is 10.6. The molecule has 0 aliphatic carbocycles. The number of aromatic nitrogens is 1. The Hall–Kier alpha value is -1.10. The lowest BCUT2D eigenvalue weighted by atomic mass is 9.94. The third kappa shape index (κ3) is 3.22. The molecule has 1 N–H and O–H groups in total. The summed E-state index contributed by atoms with van der Waals surface area (Å²) in [7, 11) is 0. The van der Waals surface area contributed by atoms with E-state index in [-0.39, 0.29) is 6.42 Å². The molecule has 100 valence electrons. The maximum Gasteiger partial charge on any atom is 0.303 e. The molecule has 0 amide bonds. The average Bonchev–Trinajstić information content (AvgIpc) is 2.68. The van der Waals surface area contributed by atoms with Crippen molar-refractivity contribution in [2.75, 3.05) is 18.0 Å². The predicted octanol–water partition coefficient (Wildman–Crippen LogP) is 2.84. The number of aliphatic carboxylic acids is 1. The van der Waals surface area contributed by atoms with E-state index >= 15 is 0 Å². The van der Waals surface area contributed by atoms with E-state index in [1.807, 2.05) is 6.92 Å². The summed E-state index contributed by atoms with van der Waals surface area (Å²) in [5.74, 6) is -0.188. The number of nitrogens with zero attached hydrogens (tertiary/aromatic N) is 2. The second kappa shape index (κ2) is 5.69. The fourth-order valence-electron chi connectivity index (χ4n) is 2.39. The minimum Gasteiger partial charge on any atom is -0.481 e. The van der Waals surface area contributed by atoms with Crippen molar-refractivity contribution < 1.29 is 9.90 Å². The number of hydrogen-bond donors (Lipinski definition) is 1. The lowest BCUT2D eigenvalue weighted by molar-refractivity contribution is -0.137. The average molecular weight is 268 g/mol. The van der Waals surface area contributed by atoms with Crippen molar-refractivity contribution in [1.82, 2.24) is 4.98 Å². The molecule has 0 radical (unpaired) electrons. The minimum absolute atomic E-state index is 0.286. The Kier molecular flexibility index (Phi) is 4.22. The van der Waals surface area contributed by atoms with Crippen molar-refractivity contribution in [1.29, 1.82) is 0 Å². The van der Waals surface area contributed by atoms with Crippen LogP contribution in [0, 0.1) is 19.8 Å². The molecule has 2 rings (SSSR count). The van der Waals surface area contributed by atoms with E-state index in [1.165, 1.54) is 4.88 Å². The number of carbonyl (C=O) groups is 1. The Morgan fingerprint density at radius 1 is 1.56 bits per heavy atom. The summed E-state index contributed by atoms with van der Waals surface area (Å²) >= 11 is 1.75. The van der Waals surface area contributed by atoms with Crippen LogP contribution in [0.1, 0.15) is 36.3 Å². The molecule has 1 unspecified atom stereocenters. The van der Waals surface area contributed by atoms with Gasteiger partial charge in [0, 0.05) is 24.4 Å². The molecule has 1 fully saturated rings. The van der Waals surface area contributed by atoms with Crippen LogP contribution in [0.5, 0.6) is 0 Å². The summed E-state index contributed by atoms with van der Waals surface area (Å²) in [6.07, 6.45) is 3.36. The zero-order chi connectivity index (χ0) is 13.1. The summed E-state index contributed by atoms with van der Waals surface area (Å²) in [6, 6.07) is 0. The van der Waals surface area contributed by atoms with Gasteiger partial charge >= 0.3 is 5.97 Å². The van der Waals surface area contributed by atoms with Crippen molar-refractivity contribution in [3.05, 3.63) is 10.6 Å². The van der Waals surface area contributed by atoms with Gasteiger partial charge in [0.2, 0.25) is 0 Å². The number of thiazole rings is 1. The van der Waals surface area contributed by atoms with Crippen LogP contribution in [0.15, 0.2) is 0 Å². The van der Waals surface area contributed by atoms with Crippen LogP contribution < -0.4 is 4.90 Å². The van der Waals surface area contributed by atoms with Crippen molar-refractivity contribution in [2.45, 2.75) is 39.5 Å². The first kappa shape index (κ1) is 13.3.